The van der Waals surface area contributed by atoms with Crippen molar-refractivity contribution in [2.24, 2.45) is 0 Å². The average molecular weight is 485 g/mol. The number of hydrogen-bond donors (Lipinski definition) is 4. The van der Waals surface area contributed by atoms with Gasteiger partial charge in [0.1, 0.15) is 0 Å². The Morgan fingerprint density at radius 3 is 2.53 bits per heavy atom. The Kier molecular flexibility index (Phi) is 9.76. The van der Waals surface area contributed by atoms with Gasteiger partial charge in [-0.2, -0.15) is 0 Å². The molecule has 0 spiro atoms. The summed E-state index contributed by atoms with van der Waals surface area (Å²) < 4.78 is 0. The van der Waals surface area contributed by atoms with Gasteiger partial charge in [-0.15, -0.1) is 0 Å². The van der Waals surface area contributed by atoms with Crippen molar-refractivity contribution in [1.82, 2.24) is 10.6 Å². The lowest BCUT2D eigenvalue weighted by Crippen LogP contribution is -2.36. The Bertz CT molecular complexity index is 1010. The lowest BCUT2D eigenvalue weighted by atomic mass is 9.95. The molecule has 0 radical (unpaired) electrons. The zero-order valence-corrected chi connectivity index (χ0v) is 20.3. The first-order valence-electron chi connectivity index (χ1n) is 12.0. The van der Waals surface area contributed by atoms with Crippen molar-refractivity contribution < 1.29 is 14.4 Å². The fourth-order valence-corrected chi connectivity index (χ4v) is 4.13. The number of rotatable bonds is 10. The summed E-state index contributed by atoms with van der Waals surface area (Å²) >= 11 is 6.26. The Morgan fingerprint density at radius 1 is 0.971 bits per heavy atom. The number of carbonyl (C=O) groups excluding carboxylic acids is 3. The highest BCUT2D eigenvalue weighted by atomic mass is 35.5. The van der Waals surface area contributed by atoms with Crippen molar-refractivity contribution in [2.45, 2.75) is 57.9 Å². The van der Waals surface area contributed by atoms with Crippen molar-refractivity contribution in [1.29, 1.82) is 0 Å². The van der Waals surface area contributed by atoms with Gasteiger partial charge in [0, 0.05) is 29.5 Å². The summed E-state index contributed by atoms with van der Waals surface area (Å²) in [6.07, 6.45) is 7.37. The summed E-state index contributed by atoms with van der Waals surface area (Å²) in [7, 11) is 0. The predicted molar refractivity (Wildman–Crippen MR) is 137 cm³/mol. The van der Waals surface area contributed by atoms with Crippen molar-refractivity contribution in [3.8, 4) is 0 Å². The van der Waals surface area contributed by atoms with E-state index >= 15 is 0 Å². The van der Waals surface area contributed by atoms with Gasteiger partial charge in [0.05, 0.1) is 17.1 Å². The van der Waals surface area contributed by atoms with E-state index < -0.39 is 0 Å². The minimum atomic E-state index is -0.272. The second-order valence-corrected chi connectivity index (χ2v) is 9.00. The van der Waals surface area contributed by atoms with E-state index in [1.807, 2.05) is 0 Å². The highest BCUT2D eigenvalue weighted by molar-refractivity contribution is 6.34. The number of unbranched alkanes of at least 4 members (excludes halogenated alkanes) is 1. The van der Waals surface area contributed by atoms with Crippen LogP contribution in [0, 0.1) is 0 Å². The third-order valence-electron chi connectivity index (χ3n) is 5.83. The molecule has 3 rings (SSSR count). The molecule has 0 bridgehead atoms. The van der Waals surface area contributed by atoms with E-state index in [9.17, 15) is 14.4 Å². The maximum Gasteiger partial charge on any atom is 0.253 e. The molecular formula is C26H33ClN4O3. The molecule has 7 nitrogen and oxygen atoms in total. The minimum Gasteiger partial charge on any atom is -0.376 e. The van der Waals surface area contributed by atoms with Gasteiger partial charge >= 0.3 is 0 Å². The maximum atomic E-state index is 12.7. The van der Waals surface area contributed by atoms with Gasteiger partial charge in [-0.3, -0.25) is 14.4 Å². The molecule has 8 heteroatoms. The Hall–Kier alpha value is -3.06. The topological polar surface area (TPSA) is 99.3 Å². The molecule has 0 unspecified atom stereocenters. The molecular weight excluding hydrogens is 452 g/mol. The largest absolute Gasteiger partial charge is 0.376 e. The molecule has 3 amide bonds. The second kappa shape index (κ2) is 13.0. The monoisotopic (exact) mass is 484 g/mol. The molecule has 0 heterocycles. The molecule has 1 aliphatic carbocycles. The van der Waals surface area contributed by atoms with Crippen LogP contribution in [-0.4, -0.2) is 36.9 Å². The molecule has 0 aliphatic heterocycles. The van der Waals surface area contributed by atoms with Crippen molar-refractivity contribution >= 4 is 40.7 Å². The predicted octanol–water partition coefficient (Wildman–Crippen LogP) is 4.98. The summed E-state index contributed by atoms with van der Waals surface area (Å²) in [5.74, 6) is -0.631. The van der Waals surface area contributed by atoms with Crippen LogP contribution in [0.15, 0.2) is 42.5 Å². The van der Waals surface area contributed by atoms with Crippen LogP contribution in [0.1, 0.15) is 72.6 Å². The maximum absolute atomic E-state index is 12.7. The SMILES string of the molecule is CCCCNC(=O)c1cccc(NC(=O)CNc2ccc(Cl)c(C(=O)NC3CCCCC3)c2)c1. The molecule has 0 aromatic heterocycles. The minimum absolute atomic E-state index is 0.00175. The van der Waals surface area contributed by atoms with E-state index in [2.05, 4.69) is 28.2 Å². The lowest BCUT2D eigenvalue weighted by Gasteiger charge is -2.23. The van der Waals surface area contributed by atoms with E-state index in [0.29, 0.717) is 34.1 Å². The van der Waals surface area contributed by atoms with Crippen LogP contribution in [0.25, 0.3) is 0 Å². The molecule has 2 aromatic carbocycles. The Labute approximate surface area is 206 Å². The van der Waals surface area contributed by atoms with Crippen LogP contribution < -0.4 is 21.3 Å². The van der Waals surface area contributed by atoms with Crippen molar-refractivity contribution in [3.05, 3.63) is 58.6 Å². The van der Waals surface area contributed by atoms with Crippen LogP contribution in [0.5, 0.6) is 0 Å². The molecule has 1 aliphatic rings. The highest BCUT2D eigenvalue weighted by Gasteiger charge is 2.18. The molecule has 2 aromatic rings. The van der Waals surface area contributed by atoms with Crippen LogP contribution >= 0.6 is 11.6 Å². The first-order chi connectivity index (χ1) is 16.5. The third-order valence-corrected chi connectivity index (χ3v) is 6.16. The molecule has 182 valence electrons. The van der Waals surface area contributed by atoms with E-state index in [4.69, 9.17) is 11.6 Å². The molecule has 1 fully saturated rings. The number of hydrogen-bond acceptors (Lipinski definition) is 4. The van der Waals surface area contributed by atoms with Gasteiger partial charge in [0.2, 0.25) is 5.91 Å². The highest BCUT2D eigenvalue weighted by Crippen LogP contribution is 2.23. The van der Waals surface area contributed by atoms with Gasteiger partial charge < -0.3 is 21.3 Å². The van der Waals surface area contributed by atoms with Gasteiger partial charge in [-0.25, -0.2) is 0 Å². The second-order valence-electron chi connectivity index (χ2n) is 8.60. The molecule has 34 heavy (non-hydrogen) atoms. The first kappa shape index (κ1) is 25.6. The van der Waals surface area contributed by atoms with E-state index in [0.717, 1.165) is 38.5 Å². The number of nitrogens with one attached hydrogen (secondary N) is 4. The van der Waals surface area contributed by atoms with Gasteiger partial charge in [-0.1, -0.05) is 50.3 Å². The molecule has 4 N–H and O–H groups in total. The number of carbonyl (C=O) groups is 3. The average Bonchev–Trinajstić information content (AvgIpc) is 2.84. The fourth-order valence-electron chi connectivity index (χ4n) is 3.93. The number of anilines is 2. The van der Waals surface area contributed by atoms with Gasteiger partial charge in [0.25, 0.3) is 11.8 Å². The molecule has 0 atom stereocenters. The zero-order chi connectivity index (χ0) is 24.3. The van der Waals surface area contributed by atoms with Crippen LogP contribution in [0.4, 0.5) is 11.4 Å². The summed E-state index contributed by atoms with van der Waals surface area (Å²) in [5.41, 5.74) is 2.05. The van der Waals surface area contributed by atoms with Crippen molar-refractivity contribution in [3.63, 3.8) is 0 Å². The quantitative estimate of drug-likeness (QED) is 0.357. The summed E-state index contributed by atoms with van der Waals surface area (Å²) in [5, 5.41) is 12.1. The third kappa shape index (κ3) is 7.76. The van der Waals surface area contributed by atoms with E-state index in [1.165, 1.54) is 6.42 Å². The van der Waals surface area contributed by atoms with Crippen LogP contribution in [0.3, 0.4) is 0 Å². The van der Waals surface area contributed by atoms with Crippen LogP contribution in [-0.2, 0) is 4.79 Å². The molecule has 1 saturated carbocycles. The number of amides is 3. The summed E-state index contributed by atoms with van der Waals surface area (Å²) in [6.45, 7) is 2.68. The lowest BCUT2D eigenvalue weighted by molar-refractivity contribution is -0.114. The van der Waals surface area contributed by atoms with E-state index in [-0.39, 0.29) is 30.3 Å². The Balaban J connectivity index is 1.53. The smallest absolute Gasteiger partial charge is 0.253 e. The standard InChI is InChI=1S/C26H33ClN4O3/c1-2-3-14-28-25(33)18-8-7-11-21(15-18)30-24(32)17-29-20-12-13-23(27)22(16-20)26(34)31-19-9-5-4-6-10-19/h7-8,11-13,15-16,19,29H,2-6,9-10,14,17H2,1H3,(H,28,33)(H,30,32)(H,31,34). The zero-order valence-electron chi connectivity index (χ0n) is 19.6. The Morgan fingerprint density at radius 2 is 1.76 bits per heavy atom. The number of halogens is 1. The summed E-state index contributed by atoms with van der Waals surface area (Å²) in [6, 6.07) is 12.0. The normalized spacial score (nSPS) is 13.7. The first-order valence-corrected chi connectivity index (χ1v) is 12.4. The van der Waals surface area contributed by atoms with Crippen LogP contribution in [0.2, 0.25) is 5.02 Å². The van der Waals surface area contributed by atoms with Crippen molar-refractivity contribution in [2.75, 3.05) is 23.7 Å². The molecule has 0 saturated heterocycles. The van der Waals surface area contributed by atoms with Gasteiger partial charge in [-0.05, 0) is 55.7 Å². The number of benzene rings is 2. The van der Waals surface area contributed by atoms with Gasteiger partial charge in [0.15, 0.2) is 0 Å². The van der Waals surface area contributed by atoms with E-state index in [1.54, 1.807) is 42.5 Å². The fraction of sp³-hybridized carbons (Fsp3) is 0.423. The summed E-state index contributed by atoms with van der Waals surface area (Å²) in [4.78, 5) is 37.4.